The Hall–Kier alpha value is -3.34. The summed E-state index contributed by atoms with van der Waals surface area (Å²) < 4.78 is 5.94. The van der Waals surface area contributed by atoms with E-state index in [4.69, 9.17) is 4.42 Å². The molecule has 134 valence electrons. The van der Waals surface area contributed by atoms with Crippen molar-refractivity contribution in [2.24, 2.45) is 9.98 Å². The summed E-state index contributed by atoms with van der Waals surface area (Å²) in [4.78, 5) is 8.93. The molecule has 5 heteroatoms. The molecule has 27 heavy (non-hydrogen) atoms. The van der Waals surface area contributed by atoms with Crippen molar-refractivity contribution in [1.29, 1.82) is 0 Å². The molecule has 0 saturated carbocycles. The van der Waals surface area contributed by atoms with Crippen molar-refractivity contribution in [1.82, 2.24) is 10.6 Å². The maximum absolute atomic E-state index is 5.94. The number of hydrogen-bond acceptors (Lipinski definition) is 5. The summed E-state index contributed by atoms with van der Waals surface area (Å²) in [6, 6.07) is 16.6. The van der Waals surface area contributed by atoms with Crippen LogP contribution in [0.5, 0.6) is 0 Å². The summed E-state index contributed by atoms with van der Waals surface area (Å²) in [6.07, 6.45) is 4.07. The average Bonchev–Trinajstić information content (AvgIpc) is 3.47. The Bertz CT molecular complexity index is 1070. The van der Waals surface area contributed by atoms with Gasteiger partial charge < -0.3 is 15.1 Å². The molecule has 2 aromatic carbocycles. The Labute approximate surface area is 157 Å². The van der Waals surface area contributed by atoms with E-state index < -0.39 is 0 Å². The van der Waals surface area contributed by atoms with Gasteiger partial charge in [0.25, 0.3) is 0 Å². The van der Waals surface area contributed by atoms with Crippen LogP contribution < -0.4 is 10.6 Å². The molecule has 0 aliphatic carbocycles. The van der Waals surface area contributed by atoms with Crippen LogP contribution in [0.25, 0.3) is 23.1 Å². The number of benzene rings is 2. The molecule has 2 N–H and O–H groups in total. The minimum atomic E-state index is 0.842. The van der Waals surface area contributed by atoms with Gasteiger partial charge in [0.15, 0.2) is 0 Å². The van der Waals surface area contributed by atoms with Crippen LogP contribution in [0.4, 0.5) is 0 Å². The minimum Gasteiger partial charge on any atom is -0.457 e. The molecular weight excluding hydrogens is 336 g/mol. The van der Waals surface area contributed by atoms with Crippen LogP contribution >= 0.6 is 0 Å². The fraction of sp³-hybridized carbons (Fsp3) is 0.182. The van der Waals surface area contributed by atoms with Gasteiger partial charge in [-0.15, -0.1) is 0 Å². The second-order valence-electron chi connectivity index (χ2n) is 6.67. The van der Waals surface area contributed by atoms with E-state index in [1.54, 1.807) is 0 Å². The highest BCUT2D eigenvalue weighted by Gasteiger charge is 2.10. The third-order valence-corrected chi connectivity index (χ3v) is 4.78. The van der Waals surface area contributed by atoms with Crippen LogP contribution in [0, 0.1) is 0 Å². The predicted molar refractivity (Wildman–Crippen MR) is 110 cm³/mol. The van der Waals surface area contributed by atoms with E-state index in [1.807, 2.05) is 12.1 Å². The van der Waals surface area contributed by atoms with Crippen molar-refractivity contribution in [3.63, 3.8) is 0 Å². The van der Waals surface area contributed by atoms with Gasteiger partial charge in [-0.2, -0.15) is 0 Å². The normalized spacial score (nSPS) is 16.4. The van der Waals surface area contributed by atoms with E-state index in [-0.39, 0.29) is 0 Å². The Morgan fingerprint density at radius 2 is 1.48 bits per heavy atom. The number of hydrogen-bond donors (Lipinski definition) is 2. The molecule has 2 aliphatic rings. The standard InChI is InChI=1S/C22H20N4O/c1-4-16(21-23-9-10-24-21)5-2-15(1)3-7-19-14-18-13-17(6-8-20(18)27-19)22-25-11-12-26-22/h1-8,13-14H,9-12H2,(H,23,24)(H,25,26)/b7-3+. The molecule has 5 nitrogen and oxygen atoms in total. The molecule has 5 rings (SSSR count). The quantitative estimate of drug-likeness (QED) is 0.754. The lowest BCUT2D eigenvalue weighted by Crippen LogP contribution is -2.19. The van der Waals surface area contributed by atoms with Gasteiger partial charge in [0.1, 0.15) is 23.0 Å². The molecule has 1 aromatic heterocycles. The first-order chi connectivity index (χ1) is 13.3. The SMILES string of the molecule is C(=C\c1cc2cc(C3=NCCN3)ccc2o1)/c1ccc(C2=NCCN2)cc1. The predicted octanol–water partition coefficient (Wildman–Crippen LogP) is 3.30. The summed E-state index contributed by atoms with van der Waals surface area (Å²) >= 11 is 0. The number of nitrogens with one attached hydrogen (secondary N) is 2. The van der Waals surface area contributed by atoms with Gasteiger partial charge in [0.2, 0.25) is 0 Å². The van der Waals surface area contributed by atoms with E-state index in [0.717, 1.165) is 71.3 Å². The smallest absolute Gasteiger partial charge is 0.134 e. The van der Waals surface area contributed by atoms with Gasteiger partial charge in [0.05, 0.1) is 13.1 Å². The minimum absolute atomic E-state index is 0.842. The van der Waals surface area contributed by atoms with Gasteiger partial charge in [-0.3, -0.25) is 9.98 Å². The summed E-state index contributed by atoms with van der Waals surface area (Å²) in [5.74, 6) is 2.80. The zero-order valence-corrected chi connectivity index (χ0v) is 14.9. The first-order valence-corrected chi connectivity index (χ1v) is 9.24. The van der Waals surface area contributed by atoms with Gasteiger partial charge in [-0.1, -0.05) is 30.3 Å². The molecular formula is C22H20N4O. The van der Waals surface area contributed by atoms with Crippen LogP contribution in [0.1, 0.15) is 22.5 Å². The third-order valence-electron chi connectivity index (χ3n) is 4.78. The number of fused-ring (bicyclic) bond motifs is 1. The molecule has 2 aliphatic heterocycles. The molecule has 0 amide bonds. The molecule has 0 radical (unpaired) electrons. The van der Waals surface area contributed by atoms with Crippen LogP contribution in [-0.2, 0) is 0 Å². The average molecular weight is 356 g/mol. The number of aliphatic imine (C=N–C) groups is 2. The number of rotatable bonds is 4. The molecule has 0 atom stereocenters. The van der Waals surface area contributed by atoms with E-state index in [9.17, 15) is 0 Å². The lowest BCUT2D eigenvalue weighted by atomic mass is 10.1. The summed E-state index contributed by atoms with van der Waals surface area (Å²) in [5.41, 5.74) is 4.25. The Kier molecular flexibility index (Phi) is 3.98. The van der Waals surface area contributed by atoms with Crippen molar-refractivity contribution in [3.8, 4) is 0 Å². The highest BCUT2D eigenvalue weighted by atomic mass is 16.3. The van der Waals surface area contributed by atoms with E-state index in [0.29, 0.717) is 0 Å². The summed E-state index contributed by atoms with van der Waals surface area (Å²) in [6.45, 7) is 3.53. The first kappa shape index (κ1) is 15.9. The Morgan fingerprint density at radius 3 is 2.19 bits per heavy atom. The molecule has 0 fully saturated rings. The van der Waals surface area contributed by atoms with Gasteiger partial charge in [-0.25, -0.2) is 0 Å². The second-order valence-corrected chi connectivity index (χ2v) is 6.67. The summed E-state index contributed by atoms with van der Waals surface area (Å²) in [7, 11) is 0. The van der Waals surface area contributed by atoms with Gasteiger partial charge >= 0.3 is 0 Å². The van der Waals surface area contributed by atoms with Crippen LogP contribution in [0.2, 0.25) is 0 Å². The highest BCUT2D eigenvalue weighted by Crippen LogP contribution is 2.23. The van der Waals surface area contributed by atoms with Gasteiger partial charge in [0, 0.05) is 29.6 Å². The van der Waals surface area contributed by atoms with Crippen LogP contribution in [0.3, 0.4) is 0 Å². The van der Waals surface area contributed by atoms with E-state index in [2.05, 4.69) is 69.2 Å². The fourth-order valence-electron chi connectivity index (χ4n) is 3.41. The monoisotopic (exact) mass is 356 g/mol. The zero-order valence-electron chi connectivity index (χ0n) is 14.9. The van der Waals surface area contributed by atoms with E-state index in [1.165, 1.54) is 0 Å². The molecule has 0 saturated heterocycles. The number of amidine groups is 2. The van der Waals surface area contributed by atoms with Gasteiger partial charge in [-0.05, 0) is 35.9 Å². The largest absolute Gasteiger partial charge is 0.457 e. The van der Waals surface area contributed by atoms with Crippen molar-refractivity contribution < 1.29 is 4.42 Å². The van der Waals surface area contributed by atoms with Crippen molar-refractivity contribution in [2.45, 2.75) is 0 Å². The fourth-order valence-corrected chi connectivity index (χ4v) is 3.41. The number of furan rings is 1. The maximum atomic E-state index is 5.94. The maximum Gasteiger partial charge on any atom is 0.134 e. The van der Waals surface area contributed by atoms with Crippen LogP contribution in [-0.4, -0.2) is 37.9 Å². The lowest BCUT2D eigenvalue weighted by Gasteiger charge is -2.02. The molecule has 0 spiro atoms. The second kappa shape index (κ2) is 6.76. The highest BCUT2D eigenvalue weighted by molar-refractivity contribution is 6.02. The van der Waals surface area contributed by atoms with Crippen molar-refractivity contribution >= 4 is 34.8 Å². The zero-order chi connectivity index (χ0) is 18.1. The topological polar surface area (TPSA) is 61.9 Å². The Morgan fingerprint density at radius 1 is 0.778 bits per heavy atom. The van der Waals surface area contributed by atoms with Crippen molar-refractivity contribution in [3.05, 3.63) is 71.0 Å². The molecule has 3 heterocycles. The molecule has 3 aromatic rings. The Balaban J connectivity index is 1.35. The van der Waals surface area contributed by atoms with E-state index >= 15 is 0 Å². The van der Waals surface area contributed by atoms with Crippen LogP contribution in [0.15, 0.2) is 62.9 Å². The summed E-state index contributed by atoms with van der Waals surface area (Å²) in [5, 5.41) is 7.69. The van der Waals surface area contributed by atoms with Crippen molar-refractivity contribution in [2.75, 3.05) is 26.2 Å². The first-order valence-electron chi connectivity index (χ1n) is 9.24. The molecule has 0 bridgehead atoms. The number of nitrogens with zero attached hydrogens (tertiary/aromatic N) is 2. The lowest BCUT2D eigenvalue weighted by molar-refractivity contribution is 0.604. The third kappa shape index (κ3) is 3.24. The molecule has 0 unspecified atom stereocenters.